The van der Waals surface area contributed by atoms with Gasteiger partial charge in [0.1, 0.15) is 0 Å². The van der Waals surface area contributed by atoms with Crippen molar-refractivity contribution < 1.29 is 19.1 Å². The van der Waals surface area contributed by atoms with Gasteiger partial charge in [-0.15, -0.1) is 10.2 Å². The summed E-state index contributed by atoms with van der Waals surface area (Å²) < 4.78 is 11.1. The molecule has 0 aromatic carbocycles. The molecule has 1 aliphatic heterocycles. The van der Waals surface area contributed by atoms with Crippen LogP contribution in [0.4, 0.5) is 0 Å². The van der Waals surface area contributed by atoms with Crippen LogP contribution < -0.4 is 0 Å². The number of ether oxygens (including phenoxy) is 1. The fraction of sp³-hybridized carbons (Fsp3) is 0.786. The molecule has 1 aromatic heterocycles. The molecule has 6 heteroatoms. The van der Waals surface area contributed by atoms with Gasteiger partial charge in [0.05, 0.1) is 18.9 Å². The van der Waals surface area contributed by atoms with Crippen molar-refractivity contribution in [2.24, 2.45) is 5.41 Å². The summed E-state index contributed by atoms with van der Waals surface area (Å²) in [7, 11) is 0. The first-order valence-electron chi connectivity index (χ1n) is 7.29. The van der Waals surface area contributed by atoms with Gasteiger partial charge in [-0.1, -0.05) is 12.8 Å². The molecule has 2 heterocycles. The minimum absolute atomic E-state index is 0.192. The van der Waals surface area contributed by atoms with Gasteiger partial charge < -0.3 is 14.3 Å². The molecule has 0 radical (unpaired) electrons. The van der Waals surface area contributed by atoms with Crippen molar-refractivity contribution in [3.05, 3.63) is 11.8 Å². The Kier molecular flexibility index (Phi) is 3.74. The van der Waals surface area contributed by atoms with Crippen LogP contribution in [0.1, 0.15) is 56.2 Å². The summed E-state index contributed by atoms with van der Waals surface area (Å²) in [6.45, 7) is 1.38. The highest BCUT2D eigenvalue weighted by Crippen LogP contribution is 2.43. The van der Waals surface area contributed by atoms with E-state index in [1.54, 1.807) is 0 Å². The van der Waals surface area contributed by atoms with Crippen LogP contribution in [0.2, 0.25) is 0 Å². The maximum Gasteiger partial charge on any atom is 0.303 e. The Morgan fingerprint density at radius 2 is 2.15 bits per heavy atom. The Morgan fingerprint density at radius 3 is 2.80 bits per heavy atom. The Morgan fingerprint density at radius 1 is 1.35 bits per heavy atom. The first kappa shape index (κ1) is 13.5. The molecule has 0 spiro atoms. The van der Waals surface area contributed by atoms with E-state index in [1.165, 1.54) is 0 Å². The number of carbonyl (C=O) groups is 1. The van der Waals surface area contributed by atoms with E-state index >= 15 is 0 Å². The molecule has 1 unspecified atom stereocenters. The van der Waals surface area contributed by atoms with Gasteiger partial charge in [0.2, 0.25) is 11.8 Å². The number of rotatable bonds is 5. The zero-order valence-electron chi connectivity index (χ0n) is 11.5. The number of carboxylic acids is 1. The normalized spacial score (nSPS) is 25.1. The smallest absolute Gasteiger partial charge is 0.303 e. The van der Waals surface area contributed by atoms with E-state index in [1.807, 2.05) is 0 Å². The molecule has 110 valence electrons. The van der Waals surface area contributed by atoms with E-state index in [9.17, 15) is 4.79 Å². The van der Waals surface area contributed by atoms with Crippen LogP contribution in [0.5, 0.6) is 0 Å². The lowest BCUT2D eigenvalue weighted by Crippen LogP contribution is -2.24. The van der Waals surface area contributed by atoms with Crippen molar-refractivity contribution in [3.8, 4) is 0 Å². The quantitative estimate of drug-likeness (QED) is 0.889. The average Bonchev–Trinajstić information content (AvgIpc) is 3.08. The van der Waals surface area contributed by atoms with E-state index in [-0.39, 0.29) is 17.8 Å². The monoisotopic (exact) mass is 280 g/mol. The van der Waals surface area contributed by atoms with Crippen LogP contribution in [0.25, 0.3) is 0 Å². The molecule has 1 N–H and O–H groups in total. The number of hydrogen-bond donors (Lipinski definition) is 1. The molecule has 1 atom stereocenters. The molecule has 6 nitrogen and oxygen atoms in total. The van der Waals surface area contributed by atoms with Crippen LogP contribution in [0.3, 0.4) is 0 Å². The number of hydrogen-bond acceptors (Lipinski definition) is 5. The zero-order valence-corrected chi connectivity index (χ0v) is 11.5. The van der Waals surface area contributed by atoms with Gasteiger partial charge in [-0.05, 0) is 24.7 Å². The second-order valence-electron chi connectivity index (χ2n) is 6.05. The molecule has 1 saturated heterocycles. The van der Waals surface area contributed by atoms with Crippen LogP contribution in [0.15, 0.2) is 4.42 Å². The van der Waals surface area contributed by atoms with Gasteiger partial charge in [0.25, 0.3) is 0 Å². The molecule has 0 amide bonds. The highest BCUT2D eigenvalue weighted by atomic mass is 16.5. The summed E-state index contributed by atoms with van der Waals surface area (Å²) in [5.74, 6) is 0.683. The van der Waals surface area contributed by atoms with E-state index in [4.69, 9.17) is 14.3 Å². The van der Waals surface area contributed by atoms with Gasteiger partial charge in [-0.3, -0.25) is 4.79 Å². The Hall–Kier alpha value is -1.43. The lowest BCUT2D eigenvalue weighted by atomic mass is 9.79. The zero-order chi connectivity index (χ0) is 14.0. The summed E-state index contributed by atoms with van der Waals surface area (Å²) in [5, 5.41) is 17.3. The Balaban J connectivity index is 1.70. The molecular formula is C14H20N2O4. The molecule has 2 aliphatic rings. The molecular weight excluding hydrogens is 260 g/mol. The van der Waals surface area contributed by atoms with Crippen LogP contribution in [-0.2, 0) is 16.0 Å². The van der Waals surface area contributed by atoms with Gasteiger partial charge in [-0.2, -0.15) is 0 Å². The third-order valence-electron chi connectivity index (χ3n) is 4.48. The maximum absolute atomic E-state index is 11.1. The molecule has 0 bridgehead atoms. The molecule has 1 aliphatic carbocycles. The predicted octanol–water partition coefficient (Wildman–Crippen LogP) is 2.15. The van der Waals surface area contributed by atoms with Crippen LogP contribution in [-0.4, -0.2) is 34.5 Å². The van der Waals surface area contributed by atoms with Gasteiger partial charge in [0, 0.05) is 13.0 Å². The fourth-order valence-electron chi connectivity index (χ4n) is 3.41. The summed E-state index contributed by atoms with van der Waals surface area (Å²) >= 11 is 0. The third-order valence-corrected chi connectivity index (χ3v) is 4.48. The molecule has 1 saturated carbocycles. The average molecular weight is 280 g/mol. The first-order valence-corrected chi connectivity index (χ1v) is 7.29. The first-order chi connectivity index (χ1) is 9.67. The standard InChI is InChI=1S/C14H20N2O4/c17-12(18)8-14(4-1-2-5-14)7-11-15-16-13(20-11)10-3-6-19-9-10/h10H,1-9H2,(H,17,18). The highest BCUT2D eigenvalue weighted by Gasteiger charge is 2.38. The van der Waals surface area contributed by atoms with Crippen molar-refractivity contribution in [2.45, 2.75) is 50.9 Å². The van der Waals surface area contributed by atoms with Crippen molar-refractivity contribution >= 4 is 5.97 Å². The Labute approximate surface area is 117 Å². The van der Waals surface area contributed by atoms with Crippen LogP contribution in [0, 0.1) is 5.41 Å². The number of aliphatic carboxylic acids is 1. The fourth-order valence-corrected chi connectivity index (χ4v) is 3.41. The number of nitrogens with zero attached hydrogens (tertiary/aromatic N) is 2. The summed E-state index contributed by atoms with van der Waals surface area (Å²) in [6.07, 6.45) is 5.74. The second kappa shape index (κ2) is 5.52. The maximum atomic E-state index is 11.1. The minimum atomic E-state index is -0.740. The topological polar surface area (TPSA) is 85.5 Å². The summed E-state index contributed by atoms with van der Waals surface area (Å²) in [6, 6.07) is 0. The van der Waals surface area contributed by atoms with E-state index in [2.05, 4.69) is 10.2 Å². The molecule has 3 rings (SSSR count). The van der Waals surface area contributed by atoms with Crippen molar-refractivity contribution in [1.82, 2.24) is 10.2 Å². The molecule has 2 fully saturated rings. The number of aromatic nitrogens is 2. The van der Waals surface area contributed by atoms with Gasteiger partial charge in [-0.25, -0.2) is 0 Å². The highest BCUT2D eigenvalue weighted by molar-refractivity contribution is 5.67. The lowest BCUT2D eigenvalue weighted by Gasteiger charge is -2.24. The van der Waals surface area contributed by atoms with Crippen molar-refractivity contribution in [2.75, 3.05) is 13.2 Å². The SMILES string of the molecule is O=C(O)CC1(Cc2nnc(C3CCOC3)o2)CCCC1. The Bertz CT molecular complexity index is 473. The van der Waals surface area contributed by atoms with E-state index < -0.39 is 5.97 Å². The molecule has 1 aromatic rings. The van der Waals surface area contributed by atoms with Crippen LogP contribution >= 0.6 is 0 Å². The number of carboxylic acid groups (broad SMARTS) is 1. The van der Waals surface area contributed by atoms with Crippen molar-refractivity contribution in [3.63, 3.8) is 0 Å². The van der Waals surface area contributed by atoms with E-state index in [0.29, 0.717) is 24.8 Å². The second-order valence-corrected chi connectivity index (χ2v) is 6.05. The summed E-state index contributed by atoms with van der Waals surface area (Å²) in [4.78, 5) is 11.1. The predicted molar refractivity (Wildman–Crippen MR) is 69.3 cm³/mol. The van der Waals surface area contributed by atoms with Crippen molar-refractivity contribution in [1.29, 1.82) is 0 Å². The largest absolute Gasteiger partial charge is 0.481 e. The summed E-state index contributed by atoms with van der Waals surface area (Å²) in [5.41, 5.74) is -0.193. The minimum Gasteiger partial charge on any atom is -0.481 e. The van der Waals surface area contributed by atoms with E-state index in [0.717, 1.165) is 38.7 Å². The van der Waals surface area contributed by atoms with Gasteiger partial charge in [0.15, 0.2) is 0 Å². The van der Waals surface area contributed by atoms with Gasteiger partial charge >= 0.3 is 5.97 Å². The molecule has 20 heavy (non-hydrogen) atoms. The third kappa shape index (κ3) is 2.85. The lowest BCUT2D eigenvalue weighted by molar-refractivity contribution is -0.139.